The molecular formula is C10H10ClN3O. The Kier molecular flexibility index (Phi) is 2.68. The summed E-state index contributed by atoms with van der Waals surface area (Å²) in [5.74, 6) is 0.896. The average Bonchev–Trinajstić information content (AvgIpc) is 2.67. The number of hydrogen-bond donors (Lipinski definition) is 0. The molecule has 0 N–H and O–H groups in total. The molecule has 78 valence electrons. The van der Waals surface area contributed by atoms with Crippen LogP contribution in [0.5, 0.6) is 0 Å². The number of aromatic nitrogens is 3. The van der Waals surface area contributed by atoms with Crippen molar-refractivity contribution in [3.8, 4) is 11.6 Å². The Hall–Kier alpha value is -1.42. The lowest BCUT2D eigenvalue weighted by Crippen LogP contribution is -1.89. The summed E-state index contributed by atoms with van der Waals surface area (Å²) in [6.45, 7) is 3.73. The second-order valence-electron chi connectivity index (χ2n) is 3.24. The standard InChI is InChI=1S/C10H10ClN3O/c1-6-4-3-5-12-8(6)10-13-9(7(2)11)14-15-10/h3-5,7H,1-2H3. The van der Waals surface area contributed by atoms with E-state index in [1.165, 1.54) is 0 Å². The summed E-state index contributed by atoms with van der Waals surface area (Å²) in [6.07, 6.45) is 1.69. The van der Waals surface area contributed by atoms with Crippen LogP contribution in [0.1, 0.15) is 23.7 Å². The predicted octanol–water partition coefficient (Wildman–Crippen LogP) is 2.74. The molecule has 0 amide bonds. The van der Waals surface area contributed by atoms with Crippen LogP contribution in [0, 0.1) is 6.92 Å². The lowest BCUT2D eigenvalue weighted by atomic mass is 10.2. The van der Waals surface area contributed by atoms with Gasteiger partial charge in [0.1, 0.15) is 5.69 Å². The topological polar surface area (TPSA) is 51.8 Å². The van der Waals surface area contributed by atoms with Gasteiger partial charge in [0.15, 0.2) is 5.82 Å². The van der Waals surface area contributed by atoms with Crippen molar-refractivity contribution in [2.24, 2.45) is 0 Å². The van der Waals surface area contributed by atoms with E-state index in [1.807, 2.05) is 19.1 Å². The van der Waals surface area contributed by atoms with Crippen molar-refractivity contribution < 1.29 is 4.52 Å². The first-order valence-electron chi connectivity index (χ1n) is 4.58. The Bertz CT molecular complexity index is 467. The van der Waals surface area contributed by atoms with Crippen LogP contribution in [0.3, 0.4) is 0 Å². The Morgan fingerprint density at radius 1 is 1.47 bits per heavy atom. The fourth-order valence-corrected chi connectivity index (χ4v) is 1.29. The third-order valence-electron chi connectivity index (χ3n) is 2.01. The van der Waals surface area contributed by atoms with Crippen LogP contribution >= 0.6 is 11.6 Å². The highest BCUT2D eigenvalue weighted by Crippen LogP contribution is 2.22. The molecule has 2 heterocycles. The van der Waals surface area contributed by atoms with Gasteiger partial charge in [-0.2, -0.15) is 4.98 Å². The summed E-state index contributed by atoms with van der Waals surface area (Å²) >= 11 is 5.84. The van der Waals surface area contributed by atoms with Gasteiger partial charge in [-0.25, -0.2) is 0 Å². The Morgan fingerprint density at radius 2 is 2.27 bits per heavy atom. The first-order chi connectivity index (χ1) is 7.18. The minimum atomic E-state index is -0.258. The maximum atomic E-state index is 5.84. The zero-order chi connectivity index (χ0) is 10.8. The minimum Gasteiger partial charge on any atom is -0.332 e. The highest BCUT2D eigenvalue weighted by atomic mass is 35.5. The van der Waals surface area contributed by atoms with Crippen LogP contribution in [0.25, 0.3) is 11.6 Å². The van der Waals surface area contributed by atoms with E-state index in [2.05, 4.69) is 15.1 Å². The summed E-state index contributed by atoms with van der Waals surface area (Å²) in [5.41, 5.74) is 1.70. The van der Waals surface area contributed by atoms with E-state index in [0.717, 1.165) is 5.56 Å². The van der Waals surface area contributed by atoms with E-state index in [9.17, 15) is 0 Å². The molecule has 4 nitrogen and oxygen atoms in total. The molecule has 0 spiro atoms. The van der Waals surface area contributed by atoms with Gasteiger partial charge >= 0.3 is 0 Å². The number of nitrogens with zero attached hydrogens (tertiary/aromatic N) is 3. The van der Waals surface area contributed by atoms with E-state index in [-0.39, 0.29) is 5.38 Å². The predicted molar refractivity (Wildman–Crippen MR) is 56.5 cm³/mol. The van der Waals surface area contributed by atoms with Gasteiger partial charge in [0, 0.05) is 6.20 Å². The van der Waals surface area contributed by atoms with Crippen molar-refractivity contribution in [3.63, 3.8) is 0 Å². The van der Waals surface area contributed by atoms with Gasteiger partial charge in [-0.1, -0.05) is 11.2 Å². The lowest BCUT2D eigenvalue weighted by molar-refractivity contribution is 0.421. The van der Waals surface area contributed by atoms with E-state index in [0.29, 0.717) is 17.4 Å². The van der Waals surface area contributed by atoms with E-state index >= 15 is 0 Å². The quantitative estimate of drug-likeness (QED) is 0.735. The van der Waals surface area contributed by atoms with Gasteiger partial charge in [-0.3, -0.25) is 4.98 Å². The monoisotopic (exact) mass is 223 g/mol. The van der Waals surface area contributed by atoms with E-state index in [1.54, 1.807) is 13.1 Å². The molecule has 2 aromatic rings. The number of hydrogen-bond acceptors (Lipinski definition) is 4. The molecule has 1 atom stereocenters. The molecule has 2 aromatic heterocycles. The Labute approximate surface area is 92.3 Å². The average molecular weight is 224 g/mol. The Morgan fingerprint density at radius 3 is 2.87 bits per heavy atom. The summed E-state index contributed by atoms with van der Waals surface area (Å²) in [4.78, 5) is 8.35. The third kappa shape index (κ3) is 1.99. The van der Waals surface area contributed by atoms with Gasteiger partial charge in [-0.05, 0) is 25.5 Å². The van der Waals surface area contributed by atoms with Crippen molar-refractivity contribution in [1.29, 1.82) is 0 Å². The highest BCUT2D eigenvalue weighted by molar-refractivity contribution is 6.20. The van der Waals surface area contributed by atoms with Crippen molar-refractivity contribution in [2.45, 2.75) is 19.2 Å². The fourth-order valence-electron chi connectivity index (χ4n) is 1.20. The van der Waals surface area contributed by atoms with Crippen LogP contribution in [0.2, 0.25) is 0 Å². The van der Waals surface area contributed by atoms with Crippen molar-refractivity contribution in [2.75, 3.05) is 0 Å². The summed E-state index contributed by atoms with van der Waals surface area (Å²) in [7, 11) is 0. The molecule has 0 aromatic carbocycles. The number of aryl methyl sites for hydroxylation is 1. The fraction of sp³-hybridized carbons (Fsp3) is 0.300. The second-order valence-corrected chi connectivity index (χ2v) is 3.90. The number of alkyl halides is 1. The molecule has 0 saturated carbocycles. The van der Waals surface area contributed by atoms with Crippen LogP contribution in [0.15, 0.2) is 22.9 Å². The molecule has 0 fully saturated rings. The lowest BCUT2D eigenvalue weighted by Gasteiger charge is -1.96. The normalized spacial score (nSPS) is 12.7. The molecule has 0 bridgehead atoms. The maximum Gasteiger partial charge on any atom is 0.276 e. The SMILES string of the molecule is Cc1cccnc1-c1nc(C(C)Cl)no1. The molecule has 0 aliphatic rings. The van der Waals surface area contributed by atoms with Crippen LogP contribution in [-0.4, -0.2) is 15.1 Å². The third-order valence-corrected chi connectivity index (χ3v) is 2.20. The maximum absolute atomic E-state index is 5.84. The highest BCUT2D eigenvalue weighted by Gasteiger charge is 2.14. The summed E-state index contributed by atoms with van der Waals surface area (Å²) < 4.78 is 5.08. The smallest absolute Gasteiger partial charge is 0.276 e. The van der Waals surface area contributed by atoms with Crippen LogP contribution < -0.4 is 0 Å². The van der Waals surface area contributed by atoms with E-state index < -0.39 is 0 Å². The molecule has 15 heavy (non-hydrogen) atoms. The molecule has 0 aliphatic carbocycles. The van der Waals surface area contributed by atoms with E-state index in [4.69, 9.17) is 16.1 Å². The molecule has 1 unspecified atom stereocenters. The van der Waals surface area contributed by atoms with Gasteiger partial charge < -0.3 is 4.52 Å². The molecule has 2 rings (SSSR count). The molecular weight excluding hydrogens is 214 g/mol. The van der Waals surface area contributed by atoms with Crippen LogP contribution in [0.4, 0.5) is 0 Å². The van der Waals surface area contributed by atoms with Gasteiger partial charge in [-0.15, -0.1) is 11.6 Å². The van der Waals surface area contributed by atoms with Crippen LogP contribution in [-0.2, 0) is 0 Å². The van der Waals surface area contributed by atoms with Gasteiger partial charge in [0.2, 0.25) is 0 Å². The second kappa shape index (κ2) is 3.98. The minimum absolute atomic E-state index is 0.258. The zero-order valence-corrected chi connectivity index (χ0v) is 9.19. The Balaban J connectivity index is 2.42. The molecule has 0 aliphatic heterocycles. The number of pyridine rings is 1. The largest absolute Gasteiger partial charge is 0.332 e. The molecule has 0 saturated heterocycles. The molecule has 5 heteroatoms. The number of halogens is 1. The first-order valence-corrected chi connectivity index (χ1v) is 5.02. The summed E-state index contributed by atoms with van der Waals surface area (Å²) in [6, 6.07) is 3.80. The van der Waals surface area contributed by atoms with Crippen molar-refractivity contribution in [3.05, 3.63) is 29.7 Å². The summed E-state index contributed by atoms with van der Waals surface area (Å²) in [5, 5.41) is 3.52. The molecule has 0 radical (unpaired) electrons. The van der Waals surface area contributed by atoms with Crippen molar-refractivity contribution in [1.82, 2.24) is 15.1 Å². The first kappa shape index (κ1) is 10.1. The number of rotatable bonds is 2. The zero-order valence-electron chi connectivity index (χ0n) is 8.44. The van der Waals surface area contributed by atoms with Gasteiger partial charge in [0.25, 0.3) is 5.89 Å². The van der Waals surface area contributed by atoms with Gasteiger partial charge in [0.05, 0.1) is 5.38 Å². The van der Waals surface area contributed by atoms with Crippen molar-refractivity contribution >= 4 is 11.6 Å².